The fourth-order valence-corrected chi connectivity index (χ4v) is 2.98. The van der Waals surface area contributed by atoms with Crippen molar-refractivity contribution in [1.82, 2.24) is 9.80 Å². The molecule has 0 N–H and O–H groups in total. The Morgan fingerprint density at radius 2 is 1.96 bits per heavy atom. The van der Waals surface area contributed by atoms with E-state index in [2.05, 4.69) is 17.8 Å². The maximum Gasteiger partial charge on any atom is 0.322 e. The maximum absolute atomic E-state index is 13.0. The Morgan fingerprint density at radius 3 is 2.40 bits per heavy atom. The van der Waals surface area contributed by atoms with Gasteiger partial charge < -0.3 is 9.80 Å². The largest absolute Gasteiger partial charge is 0.341 e. The van der Waals surface area contributed by atoms with E-state index in [1.165, 1.54) is 6.34 Å². The Balaban J connectivity index is 0.00000151. The molecule has 0 bridgehead atoms. The van der Waals surface area contributed by atoms with Crippen LogP contribution in [0.5, 0.6) is 0 Å². The maximum atomic E-state index is 13.0. The van der Waals surface area contributed by atoms with Crippen LogP contribution in [0.15, 0.2) is 28.3 Å². The predicted octanol–water partition coefficient (Wildman–Crippen LogP) is 2.09. The molecule has 1 saturated heterocycles. The van der Waals surface area contributed by atoms with Gasteiger partial charge in [0.25, 0.3) is 0 Å². The monoisotopic (exact) mass is 346 g/mol. The van der Waals surface area contributed by atoms with Crippen molar-refractivity contribution in [2.45, 2.75) is 45.8 Å². The van der Waals surface area contributed by atoms with Crippen LogP contribution in [0, 0.1) is 23.0 Å². The lowest BCUT2D eigenvalue weighted by Crippen LogP contribution is -2.48. The number of nitrogens with zero attached hydrogens (tertiary/aromatic N) is 4. The molecule has 1 fully saturated rings. The molecule has 2 atom stereocenters. The van der Waals surface area contributed by atoms with Crippen molar-refractivity contribution in [3.8, 4) is 12.8 Å². The number of carbonyl (C=O) groups excluding carboxylic acids is 1. The Labute approximate surface area is 149 Å². The van der Waals surface area contributed by atoms with E-state index in [9.17, 15) is 14.9 Å². The number of hydrogen-bond acceptors (Lipinski definition) is 5. The third-order valence-electron chi connectivity index (χ3n) is 4.09. The Morgan fingerprint density at radius 1 is 1.36 bits per heavy atom. The van der Waals surface area contributed by atoms with E-state index in [-0.39, 0.29) is 12.5 Å². The lowest BCUT2D eigenvalue weighted by atomic mass is 10.0. The average Bonchev–Trinajstić information content (AvgIpc) is 3.27. The van der Waals surface area contributed by atoms with E-state index in [0.29, 0.717) is 0 Å². The SMILES string of the molecule is C#C.C/C=C(\C=C(C)C)[C@@H](C(=O)N1CCCC1)N1C=NC([N+](=O)[O-])C1. The van der Waals surface area contributed by atoms with E-state index >= 15 is 0 Å². The molecule has 1 amide bonds. The second kappa shape index (κ2) is 9.62. The van der Waals surface area contributed by atoms with E-state index in [1.54, 1.807) is 4.90 Å². The topological polar surface area (TPSA) is 79.0 Å². The summed E-state index contributed by atoms with van der Waals surface area (Å²) in [6, 6.07) is -0.540. The zero-order valence-corrected chi connectivity index (χ0v) is 15.1. The van der Waals surface area contributed by atoms with Crippen molar-refractivity contribution in [1.29, 1.82) is 0 Å². The molecular formula is C18H26N4O3. The number of terminal acetylenes is 1. The number of nitro groups is 1. The van der Waals surface area contributed by atoms with E-state index < -0.39 is 17.1 Å². The van der Waals surface area contributed by atoms with E-state index in [1.807, 2.05) is 37.8 Å². The first kappa shape index (κ1) is 20.4. The Bertz CT molecular complexity index is 597. The molecule has 0 aromatic carbocycles. The molecule has 2 aliphatic heterocycles. The third-order valence-corrected chi connectivity index (χ3v) is 4.09. The van der Waals surface area contributed by atoms with Crippen molar-refractivity contribution in [2.24, 2.45) is 4.99 Å². The minimum absolute atomic E-state index is 0.00329. The van der Waals surface area contributed by atoms with Crippen LogP contribution in [-0.2, 0) is 4.79 Å². The molecule has 0 saturated carbocycles. The third kappa shape index (κ3) is 5.18. The van der Waals surface area contributed by atoms with Crippen LogP contribution in [0.25, 0.3) is 0 Å². The summed E-state index contributed by atoms with van der Waals surface area (Å²) in [6.45, 7) is 7.47. The number of aliphatic imine (C=N–C) groups is 1. The van der Waals surface area contributed by atoms with Crippen LogP contribution in [0.1, 0.15) is 33.6 Å². The quantitative estimate of drug-likeness (QED) is 0.330. The molecule has 2 heterocycles. The summed E-state index contributed by atoms with van der Waals surface area (Å²) in [5.74, 6) is 0.00329. The molecule has 2 aliphatic rings. The predicted molar refractivity (Wildman–Crippen MR) is 98.7 cm³/mol. The zero-order valence-electron chi connectivity index (χ0n) is 15.1. The fraction of sp³-hybridized carbons (Fsp3) is 0.556. The molecule has 136 valence electrons. The summed E-state index contributed by atoms with van der Waals surface area (Å²) in [7, 11) is 0. The normalized spacial score (nSPS) is 20.7. The number of allylic oxidation sites excluding steroid dienone is 2. The van der Waals surface area contributed by atoms with Gasteiger partial charge in [-0.2, -0.15) is 0 Å². The molecule has 1 unspecified atom stereocenters. The minimum Gasteiger partial charge on any atom is -0.341 e. The smallest absolute Gasteiger partial charge is 0.322 e. The minimum atomic E-state index is -0.992. The van der Waals surface area contributed by atoms with Gasteiger partial charge in [0, 0.05) is 18.0 Å². The highest BCUT2D eigenvalue weighted by Gasteiger charge is 2.37. The summed E-state index contributed by atoms with van der Waals surface area (Å²) in [5.41, 5.74) is 1.94. The lowest BCUT2D eigenvalue weighted by Gasteiger charge is -2.30. The van der Waals surface area contributed by atoms with Crippen LogP contribution >= 0.6 is 0 Å². The summed E-state index contributed by atoms with van der Waals surface area (Å²) in [6.07, 6.45) is 14.4. The van der Waals surface area contributed by atoms with Crippen LogP contribution in [0.3, 0.4) is 0 Å². The highest BCUT2D eigenvalue weighted by Crippen LogP contribution is 2.22. The highest BCUT2D eigenvalue weighted by atomic mass is 16.6. The zero-order chi connectivity index (χ0) is 19.0. The molecule has 0 aromatic rings. The van der Waals surface area contributed by atoms with Gasteiger partial charge in [0.2, 0.25) is 5.91 Å². The molecule has 2 rings (SSSR count). The molecule has 25 heavy (non-hydrogen) atoms. The first-order valence-corrected chi connectivity index (χ1v) is 8.29. The Kier molecular flexibility index (Phi) is 7.86. The molecule has 0 radical (unpaired) electrons. The Hall–Kier alpha value is -2.62. The van der Waals surface area contributed by atoms with E-state index in [4.69, 9.17) is 0 Å². The van der Waals surface area contributed by atoms with Crippen LogP contribution in [-0.4, -0.2) is 58.8 Å². The second-order valence-electron chi connectivity index (χ2n) is 6.17. The van der Waals surface area contributed by atoms with Crippen molar-refractivity contribution in [3.05, 3.63) is 33.4 Å². The van der Waals surface area contributed by atoms with Gasteiger partial charge in [0.05, 0.1) is 6.34 Å². The van der Waals surface area contributed by atoms with Gasteiger partial charge in [-0.05, 0) is 39.2 Å². The van der Waals surface area contributed by atoms with Gasteiger partial charge in [-0.1, -0.05) is 17.7 Å². The van der Waals surface area contributed by atoms with Crippen molar-refractivity contribution in [3.63, 3.8) is 0 Å². The van der Waals surface area contributed by atoms with Gasteiger partial charge in [0.1, 0.15) is 12.6 Å². The first-order chi connectivity index (χ1) is 11.9. The average molecular weight is 346 g/mol. The number of amides is 1. The molecule has 0 spiro atoms. The molecule has 0 aromatic heterocycles. The first-order valence-electron chi connectivity index (χ1n) is 8.29. The fourth-order valence-electron chi connectivity index (χ4n) is 2.98. The van der Waals surface area contributed by atoms with E-state index in [0.717, 1.165) is 37.1 Å². The molecular weight excluding hydrogens is 320 g/mol. The van der Waals surface area contributed by atoms with Gasteiger partial charge in [0.15, 0.2) is 0 Å². The highest BCUT2D eigenvalue weighted by molar-refractivity contribution is 5.88. The van der Waals surface area contributed by atoms with Crippen molar-refractivity contribution >= 4 is 12.2 Å². The van der Waals surface area contributed by atoms with Crippen molar-refractivity contribution < 1.29 is 9.72 Å². The number of rotatable bonds is 5. The molecule has 7 heteroatoms. The van der Waals surface area contributed by atoms with Crippen LogP contribution in [0.2, 0.25) is 0 Å². The number of likely N-dealkylation sites (tertiary alicyclic amines) is 1. The van der Waals surface area contributed by atoms with Gasteiger partial charge in [-0.15, -0.1) is 12.8 Å². The number of hydrogen-bond donors (Lipinski definition) is 0. The summed E-state index contributed by atoms with van der Waals surface area (Å²) in [5, 5.41) is 11.0. The van der Waals surface area contributed by atoms with Gasteiger partial charge in [-0.25, -0.2) is 4.99 Å². The second-order valence-corrected chi connectivity index (χ2v) is 6.17. The summed E-state index contributed by atoms with van der Waals surface area (Å²) < 4.78 is 0. The molecule has 7 nitrogen and oxygen atoms in total. The summed E-state index contributed by atoms with van der Waals surface area (Å²) >= 11 is 0. The van der Waals surface area contributed by atoms with Crippen molar-refractivity contribution in [2.75, 3.05) is 19.6 Å². The number of carbonyl (C=O) groups is 1. The van der Waals surface area contributed by atoms with Crippen LogP contribution < -0.4 is 0 Å². The summed E-state index contributed by atoms with van der Waals surface area (Å²) in [4.78, 5) is 31.0. The van der Waals surface area contributed by atoms with Gasteiger partial charge >= 0.3 is 6.17 Å². The lowest BCUT2D eigenvalue weighted by molar-refractivity contribution is -0.518. The van der Waals surface area contributed by atoms with Gasteiger partial charge in [-0.3, -0.25) is 14.9 Å². The molecule has 0 aliphatic carbocycles. The standard InChI is InChI=1S/C16H24N4O3.C2H2/c1-4-13(9-12(2)3)15(16(21)18-7-5-6-8-18)19-10-14(17-11-19)20(22)23;1-2/h4,9,11,14-15H,5-8,10H2,1-3H3;1-2H/b13-4+;/t14?,15-;/m0./s1. The van der Waals surface area contributed by atoms with Crippen LogP contribution in [0.4, 0.5) is 0 Å².